The Balaban J connectivity index is -0.000000107. The normalized spacial score (nSPS) is 10.3. The quantitative estimate of drug-likeness (QED) is 0.370. The molecular weight excluding hydrogens is 165 g/mol. The molecule has 0 saturated heterocycles. The van der Waals surface area contributed by atoms with E-state index in [1.54, 1.807) is 0 Å². The van der Waals surface area contributed by atoms with Crippen LogP contribution < -0.4 is 35.3 Å². The Labute approximate surface area is 86.5 Å². The molecule has 1 unspecified atom stereocenters. The Morgan fingerprint density at radius 2 is 1.82 bits per heavy atom. The number of aliphatic carboxylic acids is 2. The van der Waals surface area contributed by atoms with Crippen LogP contribution in [0.4, 0.5) is 0 Å². The molecule has 6 nitrogen and oxygen atoms in total. The maximum Gasteiger partial charge on any atom is 1.00 e. The minimum Gasteiger partial charge on any atom is -1.00 e. The van der Waals surface area contributed by atoms with Crippen molar-refractivity contribution >= 4 is 11.9 Å². The van der Waals surface area contributed by atoms with Gasteiger partial charge in [0.05, 0.1) is 6.42 Å². The molecule has 0 aliphatic heterocycles. The molecule has 1 atom stereocenters. The van der Waals surface area contributed by atoms with Crippen molar-refractivity contribution in [3.8, 4) is 0 Å². The zero-order chi connectivity index (χ0) is 7.44. The second-order valence-corrected chi connectivity index (χ2v) is 1.54. The molecular formula is C4H10NNaO5. The minimum atomic E-state index is -1.29. The summed E-state index contributed by atoms with van der Waals surface area (Å²) in [4.78, 5) is 19.6. The van der Waals surface area contributed by atoms with Crippen molar-refractivity contribution in [2.75, 3.05) is 0 Å². The van der Waals surface area contributed by atoms with Crippen LogP contribution in [0.15, 0.2) is 0 Å². The van der Waals surface area contributed by atoms with Gasteiger partial charge in [0, 0.05) is 0 Å². The molecule has 0 aromatic carbocycles. The van der Waals surface area contributed by atoms with E-state index in [4.69, 9.17) is 15.9 Å². The minimum absolute atomic E-state index is 0. The van der Waals surface area contributed by atoms with E-state index in [2.05, 4.69) is 0 Å². The Morgan fingerprint density at radius 3 is 1.91 bits per heavy atom. The summed E-state index contributed by atoms with van der Waals surface area (Å²) in [5, 5.41) is 16.0. The molecule has 0 spiro atoms. The first kappa shape index (κ1) is 17.1. The van der Waals surface area contributed by atoms with Crippen LogP contribution in [0.5, 0.6) is 0 Å². The van der Waals surface area contributed by atoms with Gasteiger partial charge in [-0.3, -0.25) is 9.59 Å². The van der Waals surface area contributed by atoms with Crippen molar-refractivity contribution in [3.05, 3.63) is 0 Å². The van der Waals surface area contributed by atoms with E-state index in [0.717, 1.165) is 0 Å². The fourth-order valence-electron chi connectivity index (χ4n) is 0.275. The summed E-state index contributed by atoms with van der Waals surface area (Å²) in [6, 6.07) is -1.29. The first-order valence-electron chi connectivity index (χ1n) is 2.24. The predicted molar refractivity (Wildman–Crippen MR) is 32.6 cm³/mol. The van der Waals surface area contributed by atoms with Crippen LogP contribution in [0.3, 0.4) is 0 Å². The second-order valence-electron chi connectivity index (χ2n) is 1.54. The SMILES string of the molecule is NC(CC(=O)O)C(=O)O.O.[H-].[Na+]. The summed E-state index contributed by atoms with van der Waals surface area (Å²) in [7, 11) is 0. The third kappa shape index (κ3) is 9.86. The van der Waals surface area contributed by atoms with Gasteiger partial charge >= 0.3 is 41.5 Å². The smallest absolute Gasteiger partial charge is 1.00 e. The molecule has 0 rings (SSSR count). The van der Waals surface area contributed by atoms with Crippen molar-refractivity contribution < 1.29 is 56.3 Å². The number of nitrogens with two attached hydrogens (primary N) is 1. The zero-order valence-corrected chi connectivity index (χ0v) is 8.07. The number of carboxylic acid groups (broad SMARTS) is 2. The summed E-state index contributed by atoms with van der Waals surface area (Å²) < 4.78 is 0. The molecule has 0 fully saturated rings. The van der Waals surface area contributed by atoms with Crippen LogP contribution in [-0.2, 0) is 9.59 Å². The summed E-state index contributed by atoms with van der Waals surface area (Å²) in [5.74, 6) is -2.50. The van der Waals surface area contributed by atoms with Gasteiger partial charge in [-0.1, -0.05) is 0 Å². The van der Waals surface area contributed by atoms with Crippen LogP contribution in [-0.4, -0.2) is 33.7 Å². The monoisotopic (exact) mass is 175 g/mol. The van der Waals surface area contributed by atoms with Gasteiger partial charge in [0.15, 0.2) is 0 Å². The van der Waals surface area contributed by atoms with E-state index in [0.29, 0.717) is 0 Å². The molecule has 0 amide bonds. The Bertz CT molecular complexity index is 143. The topological polar surface area (TPSA) is 132 Å². The first-order valence-corrected chi connectivity index (χ1v) is 2.24. The van der Waals surface area contributed by atoms with Gasteiger partial charge in [0.1, 0.15) is 6.04 Å². The Kier molecular flexibility index (Phi) is 12.4. The molecule has 6 N–H and O–H groups in total. The average Bonchev–Trinajstić information content (AvgIpc) is 1.63. The Hall–Kier alpha value is -0.140. The van der Waals surface area contributed by atoms with E-state index < -0.39 is 24.4 Å². The first-order chi connectivity index (χ1) is 4.04. The number of carbonyl (C=O) groups is 2. The van der Waals surface area contributed by atoms with Crippen molar-refractivity contribution in [2.24, 2.45) is 5.73 Å². The van der Waals surface area contributed by atoms with Crippen molar-refractivity contribution in [2.45, 2.75) is 12.5 Å². The number of rotatable bonds is 3. The molecule has 0 aliphatic rings. The zero-order valence-electron chi connectivity index (χ0n) is 7.07. The van der Waals surface area contributed by atoms with Gasteiger partial charge < -0.3 is 22.8 Å². The molecule has 0 heterocycles. The van der Waals surface area contributed by atoms with Gasteiger partial charge in [-0.15, -0.1) is 0 Å². The van der Waals surface area contributed by atoms with Crippen LogP contribution in [0, 0.1) is 0 Å². The van der Waals surface area contributed by atoms with E-state index in [1.807, 2.05) is 0 Å². The van der Waals surface area contributed by atoms with Gasteiger partial charge in [0.25, 0.3) is 0 Å². The molecule has 62 valence electrons. The third-order valence-electron chi connectivity index (χ3n) is 0.712. The molecule has 0 aromatic rings. The molecule has 0 aliphatic carbocycles. The molecule has 0 saturated carbocycles. The predicted octanol–water partition coefficient (Wildman–Crippen LogP) is -4.84. The largest absolute Gasteiger partial charge is 1.00 e. The van der Waals surface area contributed by atoms with Crippen LogP contribution in [0.2, 0.25) is 0 Å². The van der Waals surface area contributed by atoms with Crippen LogP contribution in [0.1, 0.15) is 7.85 Å². The molecule has 7 heteroatoms. The fraction of sp³-hybridized carbons (Fsp3) is 0.500. The molecule has 0 radical (unpaired) electrons. The van der Waals surface area contributed by atoms with Gasteiger partial charge in [-0.25, -0.2) is 0 Å². The van der Waals surface area contributed by atoms with Crippen molar-refractivity contribution in [1.82, 2.24) is 0 Å². The summed E-state index contributed by atoms with van der Waals surface area (Å²) >= 11 is 0. The number of hydrogen-bond acceptors (Lipinski definition) is 3. The molecule has 11 heavy (non-hydrogen) atoms. The second kappa shape index (κ2) is 7.96. The van der Waals surface area contributed by atoms with E-state index in [9.17, 15) is 9.59 Å². The van der Waals surface area contributed by atoms with Crippen molar-refractivity contribution in [3.63, 3.8) is 0 Å². The third-order valence-corrected chi connectivity index (χ3v) is 0.712. The fourth-order valence-corrected chi connectivity index (χ4v) is 0.275. The molecule has 0 bridgehead atoms. The van der Waals surface area contributed by atoms with Gasteiger partial charge in [-0.2, -0.15) is 0 Å². The van der Waals surface area contributed by atoms with Crippen LogP contribution >= 0.6 is 0 Å². The maximum absolute atomic E-state index is 9.85. The van der Waals surface area contributed by atoms with Gasteiger partial charge in [-0.05, 0) is 0 Å². The standard InChI is InChI=1S/C4H7NO4.Na.H2O.H/c5-2(4(8)9)1-3(6)7;;;/h2H,1,5H2,(H,6,7)(H,8,9);;1H2;/q;+1;;-1. The summed E-state index contributed by atoms with van der Waals surface area (Å²) in [5.41, 5.74) is 4.84. The van der Waals surface area contributed by atoms with Crippen LogP contribution in [0.25, 0.3) is 0 Å². The van der Waals surface area contributed by atoms with Crippen molar-refractivity contribution in [1.29, 1.82) is 0 Å². The summed E-state index contributed by atoms with van der Waals surface area (Å²) in [6.07, 6.45) is -0.532. The number of hydrogen-bond donors (Lipinski definition) is 3. The van der Waals surface area contributed by atoms with E-state index >= 15 is 0 Å². The van der Waals surface area contributed by atoms with Gasteiger partial charge in [0.2, 0.25) is 0 Å². The Morgan fingerprint density at radius 1 is 1.45 bits per heavy atom. The molecule has 0 aromatic heterocycles. The van der Waals surface area contributed by atoms with E-state index in [-0.39, 0.29) is 36.5 Å². The summed E-state index contributed by atoms with van der Waals surface area (Å²) in [6.45, 7) is 0. The average molecular weight is 175 g/mol. The van der Waals surface area contributed by atoms with E-state index in [1.165, 1.54) is 0 Å². The number of carboxylic acids is 2. The maximum atomic E-state index is 9.85.